The molecule has 6 nitrogen and oxygen atoms in total. The van der Waals surface area contributed by atoms with Gasteiger partial charge in [-0.15, -0.1) is 0 Å². The Kier molecular flexibility index (Phi) is 2.46. The van der Waals surface area contributed by atoms with E-state index in [1.807, 2.05) is 24.3 Å². The van der Waals surface area contributed by atoms with Crippen LogP contribution in [0, 0.1) is 0 Å². The van der Waals surface area contributed by atoms with Gasteiger partial charge in [0.05, 0.1) is 0 Å². The van der Waals surface area contributed by atoms with Crippen LogP contribution in [0.4, 0.5) is 0 Å². The molecule has 0 fully saturated rings. The highest BCUT2D eigenvalue weighted by atomic mass is 15.3. The summed E-state index contributed by atoms with van der Waals surface area (Å²) >= 11 is 0. The van der Waals surface area contributed by atoms with E-state index in [1.54, 1.807) is 0 Å². The standard InChI is InChI=1S/C6H5N3.C2H3N3/c1-2-4-6-5(3-1)7-9-8-6;1-3-2-5-4-1/h1-4H,(H,7,8,9);1-2H,(H,3,4,5). The largest absolute Gasteiger partial charge is 0.266 e. The van der Waals surface area contributed by atoms with Gasteiger partial charge in [-0.1, -0.05) is 12.1 Å². The van der Waals surface area contributed by atoms with Crippen molar-refractivity contribution in [2.75, 3.05) is 0 Å². The number of nitrogens with one attached hydrogen (secondary N) is 2. The lowest BCUT2D eigenvalue weighted by molar-refractivity contribution is 0.959. The van der Waals surface area contributed by atoms with E-state index in [9.17, 15) is 0 Å². The molecule has 3 rings (SSSR count). The van der Waals surface area contributed by atoms with Gasteiger partial charge in [0.1, 0.15) is 23.7 Å². The summed E-state index contributed by atoms with van der Waals surface area (Å²) in [7, 11) is 0. The van der Waals surface area contributed by atoms with Gasteiger partial charge < -0.3 is 0 Å². The van der Waals surface area contributed by atoms with E-state index < -0.39 is 0 Å². The first kappa shape index (κ1) is 8.36. The molecule has 0 amide bonds. The third-order valence-electron chi connectivity index (χ3n) is 1.55. The van der Waals surface area contributed by atoms with Crippen molar-refractivity contribution in [3.05, 3.63) is 36.9 Å². The smallest absolute Gasteiger partial charge is 0.137 e. The highest BCUT2D eigenvalue weighted by Gasteiger charge is 1.90. The third-order valence-corrected chi connectivity index (χ3v) is 1.55. The van der Waals surface area contributed by atoms with Crippen molar-refractivity contribution >= 4 is 11.0 Å². The van der Waals surface area contributed by atoms with Gasteiger partial charge in [-0.3, -0.25) is 5.10 Å². The van der Waals surface area contributed by atoms with E-state index in [2.05, 4.69) is 30.6 Å². The first-order chi connectivity index (χ1) is 6.97. The van der Waals surface area contributed by atoms with Crippen LogP contribution in [0.25, 0.3) is 11.0 Å². The van der Waals surface area contributed by atoms with Crippen LogP contribution in [-0.2, 0) is 0 Å². The molecule has 70 valence electrons. The molecule has 6 heteroatoms. The Morgan fingerprint density at radius 1 is 1.00 bits per heavy atom. The number of nitrogens with zero attached hydrogens (tertiary/aromatic N) is 4. The van der Waals surface area contributed by atoms with Crippen molar-refractivity contribution in [3.8, 4) is 0 Å². The molecule has 0 aliphatic heterocycles. The zero-order chi connectivity index (χ0) is 9.64. The Bertz CT molecular complexity index is 424. The summed E-state index contributed by atoms with van der Waals surface area (Å²) < 4.78 is 0. The summed E-state index contributed by atoms with van der Waals surface area (Å²) in [6.45, 7) is 0. The number of hydrogen-bond acceptors (Lipinski definition) is 4. The lowest BCUT2D eigenvalue weighted by atomic mass is 10.3. The van der Waals surface area contributed by atoms with Gasteiger partial charge in [0.25, 0.3) is 0 Å². The molecule has 0 aliphatic rings. The van der Waals surface area contributed by atoms with E-state index in [-0.39, 0.29) is 0 Å². The number of para-hydroxylation sites is 2. The van der Waals surface area contributed by atoms with E-state index in [4.69, 9.17) is 0 Å². The fraction of sp³-hybridized carbons (Fsp3) is 0. The Balaban J connectivity index is 0.000000128. The van der Waals surface area contributed by atoms with Crippen LogP contribution in [0.5, 0.6) is 0 Å². The molecule has 2 heterocycles. The van der Waals surface area contributed by atoms with Gasteiger partial charge in [0.2, 0.25) is 0 Å². The number of aromatic amines is 2. The summed E-state index contributed by atoms with van der Waals surface area (Å²) in [6, 6.07) is 7.70. The molecule has 0 saturated heterocycles. The average Bonchev–Trinajstić information content (AvgIpc) is 2.92. The monoisotopic (exact) mass is 188 g/mol. The molecule has 0 unspecified atom stereocenters. The first-order valence-corrected chi connectivity index (χ1v) is 4.01. The maximum atomic E-state index is 3.88. The second-order valence-electron chi connectivity index (χ2n) is 2.46. The van der Waals surface area contributed by atoms with Crippen LogP contribution in [0.2, 0.25) is 0 Å². The van der Waals surface area contributed by atoms with Crippen LogP contribution >= 0.6 is 0 Å². The summed E-state index contributed by atoms with van der Waals surface area (Å²) in [5.41, 5.74) is 1.83. The van der Waals surface area contributed by atoms with Crippen molar-refractivity contribution in [3.63, 3.8) is 0 Å². The number of benzene rings is 1. The second kappa shape index (κ2) is 4.13. The van der Waals surface area contributed by atoms with Gasteiger partial charge in [0, 0.05) is 0 Å². The van der Waals surface area contributed by atoms with Crippen molar-refractivity contribution in [1.29, 1.82) is 0 Å². The Hall–Kier alpha value is -2.24. The maximum Gasteiger partial charge on any atom is 0.137 e. The molecule has 1 aromatic carbocycles. The normalized spacial score (nSPS) is 9.43. The van der Waals surface area contributed by atoms with Crippen LogP contribution < -0.4 is 0 Å². The van der Waals surface area contributed by atoms with Gasteiger partial charge >= 0.3 is 0 Å². The van der Waals surface area contributed by atoms with Gasteiger partial charge in [-0.05, 0) is 12.1 Å². The molecule has 0 radical (unpaired) electrons. The van der Waals surface area contributed by atoms with Gasteiger partial charge in [-0.2, -0.15) is 20.5 Å². The van der Waals surface area contributed by atoms with Crippen LogP contribution in [-0.4, -0.2) is 30.6 Å². The second-order valence-corrected chi connectivity index (χ2v) is 2.46. The van der Waals surface area contributed by atoms with Crippen LogP contribution in [0.1, 0.15) is 0 Å². The van der Waals surface area contributed by atoms with E-state index >= 15 is 0 Å². The minimum Gasteiger partial charge on any atom is -0.266 e. The summed E-state index contributed by atoms with van der Waals surface area (Å²) in [6.07, 6.45) is 2.96. The lowest BCUT2D eigenvalue weighted by Gasteiger charge is -1.78. The zero-order valence-electron chi connectivity index (χ0n) is 7.25. The van der Waals surface area contributed by atoms with E-state index in [0.29, 0.717) is 0 Å². The fourth-order valence-corrected chi connectivity index (χ4v) is 0.953. The SMILES string of the molecule is c1ccc2n[nH]nc2c1.c1nc[nH]n1. The molecule has 0 saturated carbocycles. The van der Waals surface area contributed by atoms with Crippen molar-refractivity contribution in [2.24, 2.45) is 0 Å². The number of hydrogen-bond donors (Lipinski definition) is 2. The number of fused-ring (bicyclic) bond motifs is 1. The predicted molar refractivity (Wildman–Crippen MR) is 50.3 cm³/mol. The quantitative estimate of drug-likeness (QED) is 0.545. The minimum absolute atomic E-state index is 0.914. The zero-order valence-corrected chi connectivity index (χ0v) is 7.25. The van der Waals surface area contributed by atoms with Crippen LogP contribution in [0.15, 0.2) is 36.9 Å². The van der Waals surface area contributed by atoms with Gasteiger partial charge in [-0.25, -0.2) is 4.98 Å². The predicted octanol–water partition coefficient (Wildman–Crippen LogP) is 0.763. The molecule has 3 aromatic rings. The fourth-order valence-electron chi connectivity index (χ4n) is 0.953. The Morgan fingerprint density at radius 3 is 2.14 bits per heavy atom. The van der Waals surface area contributed by atoms with Crippen molar-refractivity contribution in [1.82, 2.24) is 30.6 Å². The van der Waals surface area contributed by atoms with Crippen molar-refractivity contribution in [2.45, 2.75) is 0 Å². The molecule has 14 heavy (non-hydrogen) atoms. The van der Waals surface area contributed by atoms with Crippen LogP contribution in [0.3, 0.4) is 0 Å². The Morgan fingerprint density at radius 2 is 1.71 bits per heavy atom. The number of rotatable bonds is 0. The third kappa shape index (κ3) is 1.92. The lowest BCUT2D eigenvalue weighted by Crippen LogP contribution is -1.63. The molecule has 0 atom stereocenters. The molecule has 0 spiro atoms. The minimum atomic E-state index is 0.914. The van der Waals surface area contributed by atoms with E-state index in [1.165, 1.54) is 12.7 Å². The molecule has 0 bridgehead atoms. The summed E-state index contributed by atoms with van der Waals surface area (Å²) in [5.74, 6) is 0. The molecule has 0 aliphatic carbocycles. The maximum absolute atomic E-state index is 3.88. The average molecular weight is 188 g/mol. The topological polar surface area (TPSA) is 83.1 Å². The molecular weight excluding hydrogens is 180 g/mol. The number of H-pyrrole nitrogens is 2. The summed E-state index contributed by atoms with van der Waals surface area (Å²) in [5, 5.41) is 16.3. The molecular formula is C8H8N6. The molecule has 2 aromatic heterocycles. The van der Waals surface area contributed by atoms with E-state index in [0.717, 1.165) is 11.0 Å². The van der Waals surface area contributed by atoms with Gasteiger partial charge in [0.15, 0.2) is 0 Å². The highest BCUT2D eigenvalue weighted by Crippen LogP contribution is 2.03. The highest BCUT2D eigenvalue weighted by molar-refractivity contribution is 5.72. The first-order valence-electron chi connectivity index (χ1n) is 4.01. The van der Waals surface area contributed by atoms with Crippen molar-refractivity contribution < 1.29 is 0 Å². The molecule has 2 N–H and O–H groups in total. The summed E-state index contributed by atoms with van der Waals surface area (Å²) in [4.78, 5) is 3.56. The Labute approximate surface area is 79.4 Å². The number of aromatic nitrogens is 6.